The molecule has 0 aliphatic rings. The molecule has 1 amide bonds. The van der Waals surface area contributed by atoms with E-state index in [9.17, 15) is 9.59 Å². The lowest BCUT2D eigenvalue weighted by Gasteiger charge is -2.08. The Morgan fingerprint density at radius 1 is 1.30 bits per heavy atom. The van der Waals surface area contributed by atoms with Gasteiger partial charge in [-0.05, 0) is 32.0 Å². The number of anilines is 2. The van der Waals surface area contributed by atoms with Crippen molar-refractivity contribution in [2.24, 2.45) is 0 Å². The molecule has 0 fully saturated rings. The molecule has 0 unspecified atom stereocenters. The number of aromatic nitrogens is 1. The molecule has 1 aromatic heterocycles. The van der Waals surface area contributed by atoms with Crippen LogP contribution in [0.4, 0.5) is 11.4 Å². The Balaban J connectivity index is 2.23. The zero-order valence-electron chi connectivity index (χ0n) is 11.5. The monoisotopic (exact) mass is 271 g/mol. The van der Waals surface area contributed by atoms with Crippen molar-refractivity contribution in [1.82, 2.24) is 4.57 Å². The van der Waals surface area contributed by atoms with Crippen molar-refractivity contribution < 1.29 is 9.59 Å². The second-order valence-corrected chi connectivity index (χ2v) is 4.54. The number of benzene rings is 1. The number of aryl methyl sites for hydroxylation is 1. The van der Waals surface area contributed by atoms with Crippen molar-refractivity contribution in [1.29, 1.82) is 0 Å². The third kappa shape index (κ3) is 2.88. The van der Waals surface area contributed by atoms with E-state index in [2.05, 4.69) is 5.32 Å². The third-order valence-electron chi connectivity index (χ3n) is 3.02. The zero-order valence-corrected chi connectivity index (χ0v) is 11.5. The highest BCUT2D eigenvalue weighted by molar-refractivity contribution is 6.04. The van der Waals surface area contributed by atoms with Crippen LogP contribution >= 0.6 is 0 Å². The maximum absolute atomic E-state index is 12.2. The molecular weight excluding hydrogens is 254 g/mol. The summed E-state index contributed by atoms with van der Waals surface area (Å²) in [6.45, 7) is 4.09. The standard InChI is InChI=1S/C15H17N3O2/c1-3-18-9-12(16)8-14(18)15(20)17-13-6-4-5-11(7-13)10(2)19/h4-9H,3,16H2,1-2H3,(H,17,20). The molecule has 20 heavy (non-hydrogen) atoms. The highest BCUT2D eigenvalue weighted by Gasteiger charge is 2.12. The number of amides is 1. The summed E-state index contributed by atoms with van der Waals surface area (Å²) in [5, 5.41) is 2.77. The van der Waals surface area contributed by atoms with Gasteiger partial charge in [0.2, 0.25) is 0 Å². The number of nitrogen functional groups attached to an aromatic ring is 1. The Morgan fingerprint density at radius 2 is 2.05 bits per heavy atom. The van der Waals surface area contributed by atoms with Crippen LogP contribution in [0.25, 0.3) is 0 Å². The maximum atomic E-state index is 12.2. The van der Waals surface area contributed by atoms with E-state index < -0.39 is 0 Å². The van der Waals surface area contributed by atoms with E-state index in [-0.39, 0.29) is 11.7 Å². The molecule has 0 bridgehead atoms. The van der Waals surface area contributed by atoms with Crippen LogP contribution in [0.1, 0.15) is 34.7 Å². The Kier molecular flexibility index (Phi) is 3.89. The van der Waals surface area contributed by atoms with E-state index in [1.807, 2.05) is 6.92 Å². The summed E-state index contributed by atoms with van der Waals surface area (Å²) in [6, 6.07) is 8.48. The quantitative estimate of drug-likeness (QED) is 0.839. The first-order valence-corrected chi connectivity index (χ1v) is 6.39. The van der Waals surface area contributed by atoms with E-state index in [1.54, 1.807) is 41.1 Å². The molecule has 0 saturated carbocycles. The van der Waals surface area contributed by atoms with E-state index in [1.165, 1.54) is 6.92 Å². The van der Waals surface area contributed by atoms with Gasteiger partial charge in [-0.3, -0.25) is 9.59 Å². The Morgan fingerprint density at radius 3 is 2.70 bits per heavy atom. The number of nitrogens with one attached hydrogen (secondary N) is 1. The third-order valence-corrected chi connectivity index (χ3v) is 3.02. The average Bonchev–Trinajstić information content (AvgIpc) is 2.80. The van der Waals surface area contributed by atoms with E-state index >= 15 is 0 Å². The van der Waals surface area contributed by atoms with Crippen LogP contribution in [0.5, 0.6) is 0 Å². The van der Waals surface area contributed by atoms with Gasteiger partial charge in [0.25, 0.3) is 5.91 Å². The highest BCUT2D eigenvalue weighted by Crippen LogP contribution is 2.15. The molecule has 0 aliphatic heterocycles. The van der Waals surface area contributed by atoms with Gasteiger partial charge in [-0.15, -0.1) is 0 Å². The highest BCUT2D eigenvalue weighted by atomic mass is 16.2. The second kappa shape index (κ2) is 5.61. The SMILES string of the molecule is CCn1cc(N)cc1C(=O)Nc1cccc(C(C)=O)c1. The Hall–Kier alpha value is -2.56. The summed E-state index contributed by atoms with van der Waals surface area (Å²) in [5.74, 6) is -0.286. The fourth-order valence-electron chi connectivity index (χ4n) is 2.00. The lowest BCUT2D eigenvalue weighted by atomic mass is 10.1. The van der Waals surface area contributed by atoms with Gasteiger partial charge in [-0.2, -0.15) is 0 Å². The van der Waals surface area contributed by atoms with Gasteiger partial charge in [-0.1, -0.05) is 12.1 Å². The molecule has 0 spiro atoms. The van der Waals surface area contributed by atoms with Crippen LogP contribution in [0.2, 0.25) is 0 Å². The van der Waals surface area contributed by atoms with Crippen molar-refractivity contribution in [3.63, 3.8) is 0 Å². The summed E-state index contributed by atoms with van der Waals surface area (Å²) < 4.78 is 1.78. The molecular formula is C15H17N3O2. The number of Topliss-reactive ketones (excluding diaryl/α,β-unsaturated/α-hetero) is 1. The van der Waals surface area contributed by atoms with Gasteiger partial charge < -0.3 is 15.6 Å². The van der Waals surface area contributed by atoms with Crippen LogP contribution in [-0.2, 0) is 6.54 Å². The van der Waals surface area contributed by atoms with Crippen LogP contribution < -0.4 is 11.1 Å². The molecule has 104 valence electrons. The van der Waals surface area contributed by atoms with Gasteiger partial charge in [0.15, 0.2) is 5.78 Å². The Bertz CT molecular complexity index is 659. The zero-order chi connectivity index (χ0) is 14.7. The lowest BCUT2D eigenvalue weighted by molar-refractivity contribution is 0.100. The van der Waals surface area contributed by atoms with Gasteiger partial charge >= 0.3 is 0 Å². The minimum Gasteiger partial charge on any atom is -0.397 e. The molecule has 2 rings (SSSR count). The fraction of sp³-hybridized carbons (Fsp3) is 0.200. The predicted octanol–water partition coefficient (Wildman–Crippen LogP) is 2.55. The van der Waals surface area contributed by atoms with E-state index in [4.69, 9.17) is 5.73 Å². The molecule has 0 saturated heterocycles. The predicted molar refractivity (Wildman–Crippen MR) is 78.9 cm³/mol. The summed E-state index contributed by atoms with van der Waals surface area (Å²) in [5.41, 5.74) is 7.90. The molecule has 0 radical (unpaired) electrons. The largest absolute Gasteiger partial charge is 0.397 e. The molecule has 5 heteroatoms. The van der Waals surface area contributed by atoms with Crippen LogP contribution in [0.15, 0.2) is 36.5 Å². The van der Waals surface area contributed by atoms with E-state index in [0.717, 1.165) is 0 Å². The maximum Gasteiger partial charge on any atom is 0.272 e. The minimum atomic E-state index is -0.246. The van der Waals surface area contributed by atoms with E-state index in [0.29, 0.717) is 29.2 Å². The number of carbonyl (C=O) groups is 2. The second-order valence-electron chi connectivity index (χ2n) is 4.54. The van der Waals surface area contributed by atoms with Gasteiger partial charge in [0.1, 0.15) is 5.69 Å². The summed E-state index contributed by atoms with van der Waals surface area (Å²) in [6.07, 6.45) is 1.72. The summed E-state index contributed by atoms with van der Waals surface area (Å²) in [4.78, 5) is 23.5. The molecule has 2 aromatic rings. The van der Waals surface area contributed by atoms with Crippen LogP contribution in [0, 0.1) is 0 Å². The fourth-order valence-corrected chi connectivity index (χ4v) is 2.00. The average molecular weight is 271 g/mol. The molecule has 5 nitrogen and oxygen atoms in total. The molecule has 0 atom stereocenters. The van der Waals surface area contributed by atoms with Crippen LogP contribution in [-0.4, -0.2) is 16.3 Å². The van der Waals surface area contributed by atoms with Crippen molar-refractivity contribution in [3.05, 3.63) is 47.8 Å². The van der Waals surface area contributed by atoms with Gasteiger partial charge in [0, 0.05) is 24.0 Å². The number of rotatable bonds is 4. The summed E-state index contributed by atoms with van der Waals surface area (Å²) >= 11 is 0. The minimum absolute atomic E-state index is 0.0396. The first kappa shape index (κ1) is 13.9. The van der Waals surface area contributed by atoms with Crippen molar-refractivity contribution >= 4 is 23.1 Å². The lowest BCUT2D eigenvalue weighted by Crippen LogP contribution is -2.16. The topological polar surface area (TPSA) is 77.1 Å². The number of carbonyl (C=O) groups excluding carboxylic acids is 2. The van der Waals surface area contributed by atoms with Crippen molar-refractivity contribution in [3.8, 4) is 0 Å². The normalized spacial score (nSPS) is 10.3. The van der Waals surface area contributed by atoms with Gasteiger partial charge in [0.05, 0.1) is 5.69 Å². The van der Waals surface area contributed by atoms with Crippen LogP contribution in [0.3, 0.4) is 0 Å². The van der Waals surface area contributed by atoms with Crippen molar-refractivity contribution in [2.75, 3.05) is 11.1 Å². The molecule has 0 aliphatic carbocycles. The first-order valence-electron chi connectivity index (χ1n) is 6.39. The number of hydrogen-bond acceptors (Lipinski definition) is 3. The number of nitrogens with zero attached hydrogens (tertiary/aromatic N) is 1. The smallest absolute Gasteiger partial charge is 0.272 e. The Labute approximate surface area is 117 Å². The molecule has 3 N–H and O–H groups in total. The van der Waals surface area contributed by atoms with Gasteiger partial charge in [-0.25, -0.2) is 0 Å². The van der Waals surface area contributed by atoms with Crippen molar-refractivity contribution in [2.45, 2.75) is 20.4 Å². The first-order chi connectivity index (χ1) is 9.51. The number of nitrogens with two attached hydrogens (primary N) is 1. The number of hydrogen-bond donors (Lipinski definition) is 2. The summed E-state index contributed by atoms with van der Waals surface area (Å²) in [7, 11) is 0. The number of ketones is 1. The molecule has 1 aromatic carbocycles. The molecule has 1 heterocycles.